The fourth-order valence-corrected chi connectivity index (χ4v) is 2.76. The second kappa shape index (κ2) is 4.97. The van der Waals surface area contributed by atoms with E-state index in [1.165, 1.54) is 23.9 Å². The van der Waals surface area contributed by atoms with Gasteiger partial charge < -0.3 is 4.57 Å². The predicted octanol–water partition coefficient (Wildman–Crippen LogP) is 0.664. The number of nitrogens with zero attached hydrogens (tertiary/aromatic N) is 2. The van der Waals surface area contributed by atoms with Gasteiger partial charge in [-0.2, -0.15) is 0 Å². The minimum absolute atomic E-state index is 0.0650. The van der Waals surface area contributed by atoms with Gasteiger partial charge in [-0.25, -0.2) is 13.4 Å². The number of aromatic nitrogens is 2. The smallest absolute Gasteiger partial charge is 0.288 e. The van der Waals surface area contributed by atoms with Crippen molar-refractivity contribution in [3.8, 4) is 0 Å². The standard InChI is InChI=1S/C9H13ClN2O3S/c1-3-12-5-4-11-8(9(12)13)16(14,15)7(2)6-10/h4-5,7H,3,6H2,1-2H3. The maximum Gasteiger partial charge on any atom is 0.288 e. The maximum atomic E-state index is 11.9. The number of rotatable bonds is 4. The number of halogens is 1. The van der Waals surface area contributed by atoms with Crippen molar-refractivity contribution in [2.24, 2.45) is 0 Å². The maximum absolute atomic E-state index is 11.9. The molecule has 0 saturated carbocycles. The summed E-state index contributed by atoms with van der Waals surface area (Å²) in [5.41, 5.74) is -0.595. The van der Waals surface area contributed by atoms with E-state index in [9.17, 15) is 13.2 Å². The summed E-state index contributed by atoms with van der Waals surface area (Å²) in [6.07, 6.45) is 2.76. The highest BCUT2D eigenvalue weighted by Crippen LogP contribution is 2.10. The van der Waals surface area contributed by atoms with Gasteiger partial charge in [0.2, 0.25) is 14.9 Å². The molecule has 0 fully saturated rings. The lowest BCUT2D eigenvalue weighted by molar-refractivity contribution is 0.576. The molecule has 0 radical (unpaired) electrons. The van der Waals surface area contributed by atoms with Crippen LogP contribution in [-0.4, -0.2) is 29.1 Å². The number of aryl methyl sites for hydroxylation is 1. The monoisotopic (exact) mass is 264 g/mol. The van der Waals surface area contributed by atoms with E-state index in [4.69, 9.17) is 11.6 Å². The van der Waals surface area contributed by atoms with Gasteiger partial charge in [0.25, 0.3) is 5.56 Å². The molecule has 0 aliphatic carbocycles. The van der Waals surface area contributed by atoms with Crippen molar-refractivity contribution in [1.29, 1.82) is 0 Å². The average molecular weight is 265 g/mol. The average Bonchev–Trinajstić information content (AvgIpc) is 2.27. The molecule has 0 spiro atoms. The van der Waals surface area contributed by atoms with E-state index in [1.54, 1.807) is 6.92 Å². The van der Waals surface area contributed by atoms with E-state index < -0.39 is 25.7 Å². The molecular formula is C9H13ClN2O3S. The Balaban J connectivity index is 3.41. The number of sulfone groups is 1. The Morgan fingerprint density at radius 2 is 2.19 bits per heavy atom. The topological polar surface area (TPSA) is 69.0 Å². The molecule has 1 atom stereocenters. The van der Waals surface area contributed by atoms with Gasteiger partial charge in [-0.05, 0) is 13.8 Å². The number of alkyl halides is 1. The van der Waals surface area contributed by atoms with E-state index in [0.29, 0.717) is 6.54 Å². The van der Waals surface area contributed by atoms with Gasteiger partial charge in [0, 0.05) is 24.8 Å². The zero-order chi connectivity index (χ0) is 12.3. The van der Waals surface area contributed by atoms with Crippen molar-refractivity contribution in [3.63, 3.8) is 0 Å². The highest BCUT2D eigenvalue weighted by atomic mass is 35.5. The highest BCUT2D eigenvalue weighted by molar-refractivity contribution is 7.92. The first-order chi connectivity index (χ1) is 7.45. The summed E-state index contributed by atoms with van der Waals surface area (Å²) in [6, 6.07) is 0. The van der Waals surface area contributed by atoms with Gasteiger partial charge in [-0.3, -0.25) is 4.79 Å². The van der Waals surface area contributed by atoms with E-state index in [1.807, 2.05) is 0 Å². The molecule has 0 aliphatic rings. The first-order valence-electron chi connectivity index (χ1n) is 4.80. The fraction of sp³-hybridized carbons (Fsp3) is 0.556. The molecule has 1 rings (SSSR count). The molecule has 5 nitrogen and oxygen atoms in total. The lowest BCUT2D eigenvalue weighted by Gasteiger charge is -2.09. The van der Waals surface area contributed by atoms with Gasteiger partial charge in [0.15, 0.2) is 0 Å². The second-order valence-electron chi connectivity index (χ2n) is 3.33. The minimum Gasteiger partial charge on any atom is -0.312 e. The van der Waals surface area contributed by atoms with Crippen molar-refractivity contribution in [1.82, 2.24) is 9.55 Å². The third-order valence-corrected chi connectivity index (χ3v) is 4.93. The summed E-state index contributed by atoms with van der Waals surface area (Å²) in [4.78, 5) is 15.4. The summed E-state index contributed by atoms with van der Waals surface area (Å²) in [6.45, 7) is 3.61. The van der Waals surface area contributed by atoms with Crippen LogP contribution in [0.25, 0.3) is 0 Å². The molecular weight excluding hydrogens is 252 g/mol. The molecule has 0 aliphatic heterocycles. The first kappa shape index (κ1) is 13.2. The Morgan fingerprint density at radius 1 is 1.56 bits per heavy atom. The second-order valence-corrected chi connectivity index (χ2v) is 5.92. The molecule has 0 amide bonds. The summed E-state index contributed by atoms with van der Waals surface area (Å²) >= 11 is 5.50. The molecule has 0 aromatic carbocycles. The van der Waals surface area contributed by atoms with Crippen molar-refractivity contribution in [2.45, 2.75) is 30.7 Å². The van der Waals surface area contributed by atoms with Crippen LogP contribution in [0, 0.1) is 0 Å². The predicted molar refractivity (Wildman–Crippen MR) is 61.5 cm³/mol. The lowest BCUT2D eigenvalue weighted by Crippen LogP contribution is -2.31. The number of hydrogen-bond donors (Lipinski definition) is 0. The van der Waals surface area contributed by atoms with E-state index >= 15 is 0 Å². The van der Waals surface area contributed by atoms with Gasteiger partial charge in [0.05, 0.1) is 5.25 Å². The highest BCUT2D eigenvalue weighted by Gasteiger charge is 2.27. The molecule has 0 bridgehead atoms. The Bertz CT molecular complexity index is 524. The number of hydrogen-bond acceptors (Lipinski definition) is 4. The summed E-state index contributed by atoms with van der Waals surface area (Å²) in [7, 11) is -3.73. The molecule has 1 heterocycles. The van der Waals surface area contributed by atoms with Crippen LogP contribution < -0.4 is 5.56 Å². The van der Waals surface area contributed by atoms with Crippen LogP contribution in [0.3, 0.4) is 0 Å². The molecule has 1 aromatic rings. The summed E-state index contributed by atoms with van der Waals surface area (Å²) in [5, 5.41) is -1.24. The zero-order valence-electron chi connectivity index (χ0n) is 9.05. The molecule has 90 valence electrons. The van der Waals surface area contributed by atoms with Crippen molar-refractivity contribution < 1.29 is 8.42 Å². The Morgan fingerprint density at radius 3 is 2.69 bits per heavy atom. The van der Waals surface area contributed by atoms with E-state index in [0.717, 1.165) is 0 Å². The van der Waals surface area contributed by atoms with Gasteiger partial charge in [-0.1, -0.05) is 0 Å². The van der Waals surface area contributed by atoms with E-state index in [-0.39, 0.29) is 5.88 Å². The third kappa shape index (κ3) is 2.27. The molecule has 1 aromatic heterocycles. The molecule has 7 heteroatoms. The van der Waals surface area contributed by atoms with Gasteiger partial charge in [-0.15, -0.1) is 11.6 Å². The Kier molecular flexibility index (Phi) is 4.09. The van der Waals surface area contributed by atoms with Gasteiger partial charge >= 0.3 is 0 Å². The van der Waals surface area contributed by atoms with Gasteiger partial charge in [0.1, 0.15) is 0 Å². The normalized spacial score (nSPS) is 13.7. The molecule has 16 heavy (non-hydrogen) atoms. The first-order valence-corrected chi connectivity index (χ1v) is 6.88. The minimum atomic E-state index is -3.73. The van der Waals surface area contributed by atoms with E-state index in [2.05, 4.69) is 4.98 Å². The Hall–Kier alpha value is -0.880. The lowest BCUT2D eigenvalue weighted by atomic mass is 10.6. The van der Waals surface area contributed by atoms with Crippen molar-refractivity contribution >= 4 is 21.4 Å². The zero-order valence-corrected chi connectivity index (χ0v) is 10.6. The van der Waals surface area contributed by atoms with Crippen LogP contribution in [0.1, 0.15) is 13.8 Å². The van der Waals surface area contributed by atoms with Crippen LogP contribution in [-0.2, 0) is 16.4 Å². The van der Waals surface area contributed by atoms with Crippen LogP contribution in [0.4, 0.5) is 0 Å². The van der Waals surface area contributed by atoms with Crippen LogP contribution >= 0.6 is 11.6 Å². The van der Waals surface area contributed by atoms with Crippen molar-refractivity contribution in [2.75, 3.05) is 5.88 Å². The Labute approximate surface area is 99.0 Å². The largest absolute Gasteiger partial charge is 0.312 e. The molecule has 0 N–H and O–H groups in total. The third-order valence-electron chi connectivity index (χ3n) is 2.24. The molecule has 0 saturated heterocycles. The van der Waals surface area contributed by atoms with Crippen LogP contribution in [0.5, 0.6) is 0 Å². The van der Waals surface area contributed by atoms with Crippen LogP contribution in [0.15, 0.2) is 22.2 Å². The quantitative estimate of drug-likeness (QED) is 0.750. The fourth-order valence-electron chi connectivity index (χ4n) is 1.14. The van der Waals surface area contributed by atoms with Crippen LogP contribution in [0.2, 0.25) is 0 Å². The summed E-state index contributed by atoms with van der Waals surface area (Å²) in [5.74, 6) is -0.0650. The SMILES string of the molecule is CCn1ccnc(S(=O)(=O)C(C)CCl)c1=O. The molecule has 1 unspecified atom stereocenters. The van der Waals surface area contributed by atoms with Crippen molar-refractivity contribution in [3.05, 3.63) is 22.7 Å². The summed E-state index contributed by atoms with van der Waals surface area (Å²) < 4.78 is 25.1.